The lowest BCUT2D eigenvalue weighted by atomic mass is 10.1. The summed E-state index contributed by atoms with van der Waals surface area (Å²) < 4.78 is 5.39. The van der Waals surface area contributed by atoms with E-state index in [1.54, 1.807) is 12.1 Å². The fourth-order valence-electron chi connectivity index (χ4n) is 2.04. The van der Waals surface area contributed by atoms with Crippen molar-refractivity contribution in [1.29, 1.82) is 0 Å². The van der Waals surface area contributed by atoms with Gasteiger partial charge in [0.15, 0.2) is 0 Å². The van der Waals surface area contributed by atoms with Crippen molar-refractivity contribution in [3.8, 4) is 0 Å². The van der Waals surface area contributed by atoms with Crippen molar-refractivity contribution in [2.45, 2.75) is 26.8 Å². The molecule has 6 heteroatoms. The van der Waals surface area contributed by atoms with Gasteiger partial charge in [0.25, 0.3) is 5.69 Å². The minimum absolute atomic E-state index is 0.0173. The van der Waals surface area contributed by atoms with E-state index in [1.165, 1.54) is 12.1 Å². The standard InChI is InChI=1S/C15H16N2O4/c1-10-7-13(11(2)21-10)9-16-15(18)8-12-3-5-14(6-4-12)17(19)20/h3-7H,8-9H2,1-2H3,(H,16,18). The number of nitrogens with zero attached hydrogens (tertiary/aromatic N) is 1. The van der Waals surface area contributed by atoms with Crippen LogP contribution < -0.4 is 5.32 Å². The molecule has 0 aliphatic rings. The van der Waals surface area contributed by atoms with Gasteiger partial charge in [-0.1, -0.05) is 12.1 Å². The average molecular weight is 288 g/mol. The number of carbonyl (C=O) groups excluding carboxylic acids is 1. The first-order valence-electron chi connectivity index (χ1n) is 6.51. The number of nitro benzene ring substituents is 1. The Morgan fingerprint density at radius 1 is 1.29 bits per heavy atom. The second-order valence-corrected chi connectivity index (χ2v) is 4.82. The van der Waals surface area contributed by atoms with E-state index >= 15 is 0 Å². The van der Waals surface area contributed by atoms with E-state index in [0.29, 0.717) is 6.54 Å². The molecule has 0 saturated heterocycles. The van der Waals surface area contributed by atoms with Crippen molar-refractivity contribution in [1.82, 2.24) is 5.32 Å². The summed E-state index contributed by atoms with van der Waals surface area (Å²) in [6.45, 7) is 4.12. The minimum Gasteiger partial charge on any atom is -0.466 e. The predicted molar refractivity (Wildman–Crippen MR) is 76.8 cm³/mol. The lowest BCUT2D eigenvalue weighted by Gasteiger charge is -2.04. The molecule has 1 aromatic heterocycles. The highest BCUT2D eigenvalue weighted by Gasteiger charge is 2.09. The summed E-state index contributed by atoms with van der Waals surface area (Å²) in [7, 11) is 0. The van der Waals surface area contributed by atoms with Gasteiger partial charge >= 0.3 is 0 Å². The van der Waals surface area contributed by atoms with Gasteiger partial charge < -0.3 is 9.73 Å². The van der Waals surface area contributed by atoms with Crippen LogP contribution in [-0.2, 0) is 17.8 Å². The summed E-state index contributed by atoms with van der Waals surface area (Å²) in [4.78, 5) is 21.9. The van der Waals surface area contributed by atoms with E-state index in [2.05, 4.69) is 5.32 Å². The molecular formula is C15H16N2O4. The number of aryl methyl sites for hydroxylation is 2. The van der Waals surface area contributed by atoms with Crippen LogP contribution in [0.2, 0.25) is 0 Å². The van der Waals surface area contributed by atoms with Gasteiger partial charge in [-0.2, -0.15) is 0 Å². The number of amides is 1. The molecule has 110 valence electrons. The first kappa shape index (κ1) is 14.8. The largest absolute Gasteiger partial charge is 0.466 e. The molecule has 0 unspecified atom stereocenters. The molecule has 0 saturated carbocycles. The van der Waals surface area contributed by atoms with Crippen LogP contribution in [0, 0.1) is 24.0 Å². The van der Waals surface area contributed by atoms with E-state index in [-0.39, 0.29) is 18.0 Å². The Bertz CT molecular complexity index is 659. The summed E-state index contributed by atoms with van der Waals surface area (Å²) in [5.74, 6) is 1.47. The van der Waals surface area contributed by atoms with Crippen molar-refractivity contribution in [2.75, 3.05) is 0 Å². The Balaban J connectivity index is 1.89. The molecule has 1 heterocycles. The normalized spacial score (nSPS) is 10.4. The monoisotopic (exact) mass is 288 g/mol. The zero-order valence-corrected chi connectivity index (χ0v) is 11.9. The minimum atomic E-state index is -0.464. The highest BCUT2D eigenvalue weighted by atomic mass is 16.6. The maximum absolute atomic E-state index is 11.8. The van der Waals surface area contributed by atoms with E-state index in [4.69, 9.17) is 4.42 Å². The van der Waals surface area contributed by atoms with Gasteiger partial charge in [0.2, 0.25) is 5.91 Å². The molecule has 0 aliphatic carbocycles. The number of hydrogen-bond acceptors (Lipinski definition) is 4. The molecule has 0 aliphatic heterocycles. The first-order valence-corrected chi connectivity index (χ1v) is 6.51. The molecule has 0 atom stereocenters. The zero-order chi connectivity index (χ0) is 15.4. The van der Waals surface area contributed by atoms with E-state index in [0.717, 1.165) is 22.6 Å². The SMILES string of the molecule is Cc1cc(CNC(=O)Cc2ccc([N+](=O)[O-])cc2)c(C)o1. The van der Waals surface area contributed by atoms with Crippen LogP contribution in [-0.4, -0.2) is 10.8 Å². The van der Waals surface area contributed by atoms with Crippen LogP contribution in [0.25, 0.3) is 0 Å². The number of rotatable bonds is 5. The third kappa shape index (κ3) is 3.92. The topological polar surface area (TPSA) is 85.4 Å². The van der Waals surface area contributed by atoms with Gasteiger partial charge in [0.05, 0.1) is 11.3 Å². The molecule has 2 rings (SSSR count). The summed E-state index contributed by atoms with van der Waals surface area (Å²) in [6.07, 6.45) is 0.188. The summed E-state index contributed by atoms with van der Waals surface area (Å²) in [5, 5.41) is 13.4. The van der Waals surface area contributed by atoms with Crippen LogP contribution in [0.1, 0.15) is 22.6 Å². The van der Waals surface area contributed by atoms with Crippen molar-refractivity contribution in [2.24, 2.45) is 0 Å². The van der Waals surface area contributed by atoms with Crippen LogP contribution in [0.5, 0.6) is 0 Å². The van der Waals surface area contributed by atoms with Crippen molar-refractivity contribution >= 4 is 11.6 Å². The van der Waals surface area contributed by atoms with Crippen LogP contribution in [0.4, 0.5) is 5.69 Å². The summed E-state index contributed by atoms with van der Waals surface area (Å²) >= 11 is 0. The Hall–Kier alpha value is -2.63. The first-order chi connectivity index (χ1) is 9.95. The Kier molecular flexibility index (Phi) is 4.37. The smallest absolute Gasteiger partial charge is 0.269 e. The fourth-order valence-corrected chi connectivity index (χ4v) is 2.04. The highest BCUT2D eigenvalue weighted by Crippen LogP contribution is 2.14. The number of carbonyl (C=O) groups is 1. The molecule has 1 aromatic carbocycles. The molecule has 0 bridgehead atoms. The van der Waals surface area contributed by atoms with Gasteiger partial charge in [0.1, 0.15) is 11.5 Å². The van der Waals surface area contributed by atoms with Gasteiger partial charge in [0, 0.05) is 24.2 Å². The van der Waals surface area contributed by atoms with Crippen molar-refractivity contribution in [3.05, 3.63) is 63.1 Å². The third-order valence-corrected chi connectivity index (χ3v) is 3.13. The lowest BCUT2D eigenvalue weighted by molar-refractivity contribution is -0.384. The second-order valence-electron chi connectivity index (χ2n) is 4.82. The van der Waals surface area contributed by atoms with Gasteiger partial charge in [-0.3, -0.25) is 14.9 Å². The maximum atomic E-state index is 11.8. The van der Waals surface area contributed by atoms with Gasteiger partial charge in [-0.25, -0.2) is 0 Å². The van der Waals surface area contributed by atoms with Crippen LogP contribution in [0.3, 0.4) is 0 Å². The number of non-ortho nitro benzene ring substituents is 1. The van der Waals surface area contributed by atoms with E-state index < -0.39 is 4.92 Å². The molecule has 2 aromatic rings. The lowest BCUT2D eigenvalue weighted by Crippen LogP contribution is -2.24. The Morgan fingerprint density at radius 2 is 1.95 bits per heavy atom. The predicted octanol–water partition coefficient (Wildman–Crippen LogP) is 2.66. The van der Waals surface area contributed by atoms with Gasteiger partial charge in [-0.05, 0) is 25.5 Å². The number of furan rings is 1. The third-order valence-electron chi connectivity index (χ3n) is 3.13. The number of benzene rings is 1. The van der Waals surface area contributed by atoms with Crippen molar-refractivity contribution in [3.63, 3.8) is 0 Å². The fraction of sp³-hybridized carbons (Fsp3) is 0.267. The number of nitro groups is 1. The Morgan fingerprint density at radius 3 is 2.48 bits per heavy atom. The summed E-state index contributed by atoms with van der Waals surface area (Å²) in [6, 6.07) is 7.86. The number of hydrogen-bond donors (Lipinski definition) is 1. The quantitative estimate of drug-likeness (QED) is 0.677. The molecular weight excluding hydrogens is 272 g/mol. The molecule has 0 fully saturated rings. The molecule has 0 spiro atoms. The van der Waals surface area contributed by atoms with Crippen LogP contribution >= 0.6 is 0 Å². The summed E-state index contributed by atoms with van der Waals surface area (Å²) in [5.41, 5.74) is 1.70. The maximum Gasteiger partial charge on any atom is 0.269 e. The van der Waals surface area contributed by atoms with Crippen molar-refractivity contribution < 1.29 is 14.1 Å². The second kappa shape index (κ2) is 6.21. The molecule has 0 radical (unpaired) electrons. The molecule has 21 heavy (non-hydrogen) atoms. The van der Waals surface area contributed by atoms with E-state index in [1.807, 2.05) is 19.9 Å². The molecule has 6 nitrogen and oxygen atoms in total. The molecule has 1 N–H and O–H groups in total. The molecule has 1 amide bonds. The number of nitrogens with one attached hydrogen (secondary N) is 1. The van der Waals surface area contributed by atoms with Crippen LogP contribution in [0.15, 0.2) is 34.7 Å². The van der Waals surface area contributed by atoms with Gasteiger partial charge in [-0.15, -0.1) is 0 Å². The highest BCUT2D eigenvalue weighted by molar-refractivity contribution is 5.78. The Labute approximate surface area is 121 Å². The average Bonchev–Trinajstić information content (AvgIpc) is 2.75. The zero-order valence-electron chi connectivity index (χ0n) is 11.9. The van der Waals surface area contributed by atoms with E-state index in [9.17, 15) is 14.9 Å².